The summed E-state index contributed by atoms with van der Waals surface area (Å²) in [6.45, 7) is 3.15. The SMILES string of the molecule is CCC1(C(=O)O)CCN(C(=O)C2CCCCS2)CC1. The van der Waals surface area contributed by atoms with Crippen molar-refractivity contribution in [3.05, 3.63) is 0 Å². The minimum absolute atomic E-state index is 0.118. The summed E-state index contributed by atoms with van der Waals surface area (Å²) in [6.07, 6.45) is 5.20. The fraction of sp³-hybridized carbons (Fsp3) is 0.857. The number of likely N-dealkylation sites (tertiary alicyclic amines) is 1. The molecule has 4 nitrogen and oxygen atoms in total. The lowest BCUT2D eigenvalue weighted by atomic mass is 9.76. The highest BCUT2D eigenvalue weighted by Gasteiger charge is 2.41. The summed E-state index contributed by atoms with van der Waals surface area (Å²) < 4.78 is 0. The average molecular weight is 285 g/mol. The van der Waals surface area contributed by atoms with Gasteiger partial charge in [-0.3, -0.25) is 9.59 Å². The summed E-state index contributed by atoms with van der Waals surface area (Å²) in [6, 6.07) is 0. The number of aliphatic carboxylic acids is 1. The van der Waals surface area contributed by atoms with Crippen LogP contribution in [0, 0.1) is 5.41 Å². The summed E-state index contributed by atoms with van der Waals surface area (Å²) in [5.74, 6) is 0.618. The minimum Gasteiger partial charge on any atom is -0.481 e. The van der Waals surface area contributed by atoms with E-state index in [2.05, 4.69) is 0 Å². The Morgan fingerprint density at radius 2 is 2.00 bits per heavy atom. The molecule has 0 aliphatic carbocycles. The number of carbonyl (C=O) groups excluding carboxylic acids is 1. The molecule has 1 atom stereocenters. The molecule has 0 aromatic heterocycles. The Kier molecular flexibility index (Phi) is 4.76. The minimum atomic E-state index is -0.700. The molecule has 0 bridgehead atoms. The van der Waals surface area contributed by atoms with Crippen LogP contribution in [0.15, 0.2) is 0 Å². The molecule has 0 aromatic rings. The van der Waals surface area contributed by atoms with Gasteiger partial charge in [-0.15, -0.1) is 11.8 Å². The maximum Gasteiger partial charge on any atom is 0.309 e. The van der Waals surface area contributed by atoms with E-state index in [9.17, 15) is 14.7 Å². The Morgan fingerprint density at radius 3 is 2.47 bits per heavy atom. The molecule has 0 saturated carbocycles. The molecule has 0 aromatic carbocycles. The van der Waals surface area contributed by atoms with Crippen LogP contribution in [0.4, 0.5) is 0 Å². The van der Waals surface area contributed by atoms with Crippen molar-refractivity contribution in [1.29, 1.82) is 0 Å². The topological polar surface area (TPSA) is 57.6 Å². The Hall–Kier alpha value is -0.710. The summed E-state index contributed by atoms with van der Waals surface area (Å²) in [7, 11) is 0. The number of rotatable bonds is 3. The molecular weight excluding hydrogens is 262 g/mol. The summed E-state index contributed by atoms with van der Waals surface area (Å²) >= 11 is 1.77. The summed E-state index contributed by atoms with van der Waals surface area (Å²) in [4.78, 5) is 25.6. The van der Waals surface area contributed by atoms with Crippen molar-refractivity contribution >= 4 is 23.6 Å². The van der Waals surface area contributed by atoms with Gasteiger partial charge >= 0.3 is 5.97 Å². The third-order valence-electron chi connectivity index (χ3n) is 4.62. The molecule has 5 heteroatoms. The van der Waals surface area contributed by atoms with Gasteiger partial charge in [0.05, 0.1) is 10.7 Å². The van der Waals surface area contributed by atoms with Gasteiger partial charge < -0.3 is 10.0 Å². The average Bonchev–Trinajstić information content (AvgIpc) is 2.47. The van der Waals surface area contributed by atoms with Crippen LogP contribution in [0.25, 0.3) is 0 Å². The fourth-order valence-electron chi connectivity index (χ4n) is 3.01. The largest absolute Gasteiger partial charge is 0.481 e. The summed E-state index contributed by atoms with van der Waals surface area (Å²) in [5, 5.41) is 9.47. The second-order valence-corrected chi connectivity index (χ2v) is 6.93. The Bertz CT molecular complexity index is 345. The first-order chi connectivity index (χ1) is 9.09. The van der Waals surface area contributed by atoms with Crippen LogP contribution in [-0.4, -0.2) is 46.0 Å². The van der Waals surface area contributed by atoms with Crippen molar-refractivity contribution in [3.63, 3.8) is 0 Å². The van der Waals surface area contributed by atoms with E-state index in [1.807, 2.05) is 11.8 Å². The number of hydrogen-bond acceptors (Lipinski definition) is 3. The molecule has 2 heterocycles. The lowest BCUT2D eigenvalue weighted by Crippen LogP contribution is -2.48. The van der Waals surface area contributed by atoms with Crippen LogP contribution >= 0.6 is 11.8 Å². The number of thioether (sulfide) groups is 1. The maximum atomic E-state index is 12.4. The first-order valence-electron chi connectivity index (χ1n) is 7.23. The lowest BCUT2D eigenvalue weighted by Gasteiger charge is -2.39. The first-order valence-corrected chi connectivity index (χ1v) is 8.28. The molecule has 2 rings (SSSR count). The molecule has 19 heavy (non-hydrogen) atoms. The number of hydrogen-bond donors (Lipinski definition) is 1. The van der Waals surface area contributed by atoms with Gasteiger partial charge in [-0.1, -0.05) is 13.3 Å². The predicted molar refractivity (Wildman–Crippen MR) is 76.3 cm³/mol. The summed E-state index contributed by atoms with van der Waals surface area (Å²) in [5.41, 5.74) is -0.601. The molecule has 1 N–H and O–H groups in total. The number of carboxylic acids is 1. The van der Waals surface area contributed by atoms with Gasteiger partial charge in [0.2, 0.25) is 5.91 Å². The Balaban J connectivity index is 1.92. The van der Waals surface area contributed by atoms with Gasteiger partial charge in [0, 0.05) is 13.1 Å². The van der Waals surface area contributed by atoms with Crippen LogP contribution in [0.3, 0.4) is 0 Å². The molecular formula is C14H23NO3S. The molecule has 2 saturated heterocycles. The van der Waals surface area contributed by atoms with E-state index < -0.39 is 11.4 Å². The fourth-order valence-corrected chi connectivity index (χ4v) is 4.29. The molecule has 2 fully saturated rings. The van der Waals surface area contributed by atoms with Crippen LogP contribution in [0.1, 0.15) is 45.4 Å². The number of carbonyl (C=O) groups is 2. The van der Waals surface area contributed by atoms with E-state index in [1.54, 1.807) is 11.8 Å². The zero-order valence-electron chi connectivity index (χ0n) is 11.6. The van der Waals surface area contributed by atoms with Gasteiger partial charge in [-0.25, -0.2) is 0 Å². The van der Waals surface area contributed by atoms with Gasteiger partial charge in [-0.05, 0) is 37.9 Å². The monoisotopic (exact) mass is 285 g/mol. The number of amides is 1. The van der Waals surface area contributed by atoms with E-state index >= 15 is 0 Å². The first kappa shape index (κ1) is 14.7. The molecule has 1 amide bonds. The Labute approximate surface area is 118 Å². The molecule has 0 radical (unpaired) electrons. The third kappa shape index (κ3) is 3.07. The van der Waals surface area contributed by atoms with Crippen molar-refractivity contribution in [2.24, 2.45) is 5.41 Å². The van der Waals surface area contributed by atoms with Gasteiger partial charge in [0.1, 0.15) is 0 Å². The van der Waals surface area contributed by atoms with E-state index in [4.69, 9.17) is 0 Å². The highest BCUT2D eigenvalue weighted by Crippen LogP contribution is 2.36. The van der Waals surface area contributed by atoms with Crippen molar-refractivity contribution in [2.75, 3.05) is 18.8 Å². The highest BCUT2D eigenvalue weighted by molar-refractivity contribution is 8.00. The number of piperidine rings is 1. The second-order valence-electron chi connectivity index (χ2n) is 5.62. The van der Waals surface area contributed by atoms with Crippen molar-refractivity contribution in [2.45, 2.75) is 50.7 Å². The van der Waals surface area contributed by atoms with E-state index in [-0.39, 0.29) is 11.2 Å². The molecule has 0 spiro atoms. The van der Waals surface area contributed by atoms with Crippen molar-refractivity contribution < 1.29 is 14.7 Å². The number of carboxylic acid groups (broad SMARTS) is 1. The molecule has 2 aliphatic rings. The van der Waals surface area contributed by atoms with Crippen LogP contribution in [-0.2, 0) is 9.59 Å². The molecule has 2 aliphatic heterocycles. The normalized spacial score (nSPS) is 27.0. The van der Waals surface area contributed by atoms with Crippen LogP contribution in [0.2, 0.25) is 0 Å². The maximum absolute atomic E-state index is 12.4. The van der Waals surface area contributed by atoms with Crippen LogP contribution in [0.5, 0.6) is 0 Å². The zero-order chi connectivity index (χ0) is 13.9. The quantitative estimate of drug-likeness (QED) is 0.865. The lowest BCUT2D eigenvalue weighted by molar-refractivity contribution is -0.154. The highest BCUT2D eigenvalue weighted by atomic mass is 32.2. The third-order valence-corrected chi connectivity index (χ3v) is 5.98. The predicted octanol–water partition coefficient (Wildman–Crippen LogP) is 2.38. The van der Waals surface area contributed by atoms with E-state index in [0.717, 1.165) is 18.6 Å². The smallest absolute Gasteiger partial charge is 0.309 e. The van der Waals surface area contributed by atoms with Crippen molar-refractivity contribution in [1.82, 2.24) is 4.90 Å². The van der Waals surface area contributed by atoms with Gasteiger partial charge in [0.25, 0.3) is 0 Å². The van der Waals surface area contributed by atoms with Crippen LogP contribution < -0.4 is 0 Å². The Morgan fingerprint density at radius 1 is 1.32 bits per heavy atom. The van der Waals surface area contributed by atoms with Gasteiger partial charge in [0.15, 0.2) is 0 Å². The standard InChI is InChI=1S/C14H23NO3S/c1-2-14(13(17)18)6-8-15(9-7-14)12(16)11-5-3-4-10-19-11/h11H,2-10H2,1H3,(H,17,18). The van der Waals surface area contributed by atoms with Crippen molar-refractivity contribution in [3.8, 4) is 0 Å². The molecule has 1 unspecified atom stereocenters. The van der Waals surface area contributed by atoms with Gasteiger partial charge in [-0.2, -0.15) is 0 Å². The van der Waals surface area contributed by atoms with E-state index in [1.165, 1.54) is 6.42 Å². The molecule has 108 valence electrons. The van der Waals surface area contributed by atoms with E-state index in [0.29, 0.717) is 32.4 Å². The number of nitrogens with zero attached hydrogens (tertiary/aromatic N) is 1. The second kappa shape index (κ2) is 6.16. The zero-order valence-corrected chi connectivity index (χ0v) is 12.4.